The first kappa shape index (κ1) is 19.1. The standard InChI is InChI=1S/C25H24N2O2S/c28-30(29,23-11-10-20-12-14-26-15-13-21(20)17-23)27-18-22(16-19-6-2-1-3-7-19)24-8-4-5-9-25(24)27/h1-11,17-18,26H,12-16H2. The van der Waals surface area contributed by atoms with Crippen LogP contribution in [-0.4, -0.2) is 25.5 Å². The van der Waals surface area contributed by atoms with Gasteiger partial charge in [0.15, 0.2) is 0 Å². The molecule has 0 saturated heterocycles. The SMILES string of the molecule is O=S(=O)(c1ccc2c(c1)CCNCC2)n1cc(Cc2ccccc2)c2ccccc21. The molecule has 5 heteroatoms. The molecule has 1 N–H and O–H groups in total. The predicted octanol–water partition coefficient (Wildman–Crippen LogP) is 4.16. The van der Waals surface area contributed by atoms with Crippen LogP contribution < -0.4 is 5.32 Å². The summed E-state index contributed by atoms with van der Waals surface area (Å²) in [6, 6.07) is 23.5. The molecule has 2 heterocycles. The van der Waals surface area contributed by atoms with Gasteiger partial charge in [-0.2, -0.15) is 0 Å². The molecule has 3 aromatic carbocycles. The number of benzene rings is 3. The van der Waals surface area contributed by atoms with Crippen LogP contribution in [0.1, 0.15) is 22.3 Å². The highest BCUT2D eigenvalue weighted by Crippen LogP contribution is 2.29. The first-order chi connectivity index (χ1) is 14.6. The molecular weight excluding hydrogens is 392 g/mol. The molecule has 1 aliphatic rings. The molecule has 4 aromatic rings. The molecule has 0 amide bonds. The Kier molecular flexibility index (Phi) is 4.93. The van der Waals surface area contributed by atoms with Crippen LogP contribution >= 0.6 is 0 Å². The maximum absolute atomic E-state index is 13.6. The van der Waals surface area contributed by atoms with Crippen LogP contribution in [0.3, 0.4) is 0 Å². The molecule has 0 atom stereocenters. The fraction of sp³-hybridized carbons (Fsp3) is 0.200. The van der Waals surface area contributed by atoms with Gasteiger partial charge in [0.1, 0.15) is 0 Å². The molecule has 0 radical (unpaired) electrons. The van der Waals surface area contributed by atoms with Crippen molar-refractivity contribution in [1.82, 2.24) is 9.29 Å². The Labute approximate surface area is 177 Å². The largest absolute Gasteiger partial charge is 0.316 e. The zero-order valence-electron chi connectivity index (χ0n) is 16.7. The summed E-state index contributed by atoms with van der Waals surface area (Å²) in [5, 5.41) is 4.36. The summed E-state index contributed by atoms with van der Waals surface area (Å²) in [5.74, 6) is 0. The summed E-state index contributed by atoms with van der Waals surface area (Å²) in [6.07, 6.45) is 4.27. The minimum atomic E-state index is -3.69. The van der Waals surface area contributed by atoms with Crippen molar-refractivity contribution in [2.75, 3.05) is 13.1 Å². The number of hydrogen-bond donors (Lipinski definition) is 1. The second-order valence-electron chi connectivity index (χ2n) is 7.82. The van der Waals surface area contributed by atoms with E-state index in [2.05, 4.69) is 17.4 Å². The van der Waals surface area contributed by atoms with Crippen LogP contribution in [0, 0.1) is 0 Å². The lowest BCUT2D eigenvalue weighted by atomic mass is 10.0. The number of rotatable bonds is 4. The van der Waals surface area contributed by atoms with Crippen molar-refractivity contribution >= 4 is 20.9 Å². The second-order valence-corrected chi connectivity index (χ2v) is 9.63. The highest BCUT2D eigenvalue weighted by molar-refractivity contribution is 7.90. The van der Waals surface area contributed by atoms with E-state index in [9.17, 15) is 8.42 Å². The van der Waals surface area contributed by atoms with Crippen LogP contribution in [0.2, 0.25) is 0 Å². The van der Waals surface area contributed by atoms with Crippen molar-refractivity contribution in [3.05, 3.63) is 101 Å². The molecule has 152 valence electrons. The summed E-state index contributed by atoms with van der Waals surface area (Å²) in [7, 11) is -3.69. The van der Waals surface area contributed by atoms with Crippen molar-refractivity contribution in [2.24, 2.45) is 0 Å². The Balaban J connectivity index is 1.61. The Morgan fingerprint density at radius 3 is 2.40 bits per heavy atom. The van der Waals surface area contributed by atoms with E-state index in [1.54, 1.807) is 12.3 Å². The van der Waals surface area contributed by atoms with Crippen molar-refractivity contribution < 1.29 is 8.42 Å². The first-order valence-corrected chi connectivity index (χ1v) is 11.8. The quantitative estimate of drug-likeness (QED) is 0.544. The van der Waals surface area contributed by atoms with Gasteiger partial charge in [-0.1, -0.05) is 54.6 Å². The van der Waals surface area contributed by atoms with Gasteiger partial charge in [-0.25, -0.2) is 12.4 Å². The Bertz CT molecular complexity index is 1310. The molecule has 5 rings (SSSR count). The van der Waals surface area contributed by atoms with Gasteiger partial charge in [0.05, 0.1) is 10.4 Å². The van der Waals surface area contributed by atoms with Crippen molar-refractivity contribution in [2.45, 2.75) is 24.2 Å². The van der Waals surface area contributed by atoms with Crippen LogP contribution in [0.25, 0.3) is 10.9 Å². The number of hydrogen-bond acceptors (Lipinski definition) is 3. The third-order valence-corrected chi connectivity index (χ3v) is 7.54. The highest BCUT2D eigenvalue weighted by atomic mass is 32.2. The van der Waals surface area contributed by atoms with Crippen LogP contribution in [0.4, 0.5) is 0 Å². The molecule has 0 fully saturated rings. The average molecular weight is 417 g/mol. The monoisotopic (exact) mass is 416 g/mol. The Hall–Kier alpha value is -2.89. The molecule has 0 unspecified atom stereocenters. The predicted molar refractivity (Wildman–Crippen MR) is 120 cm³/mol. The van der Waals surface area contributed by atoms with Crippen LogP contribution in [0.15, 0.2) is 83.9 Å². The summed E-state index contributed by atoms with van der Waals surface area (Å²) in [5.41, 5.74) is 5.26. The third-order valence-electron chi connectivity index (χ3n) is 5.87. The van der Waals surface area contributed by atoms with E-state index in [1.165, 1.54) is 9.54 Å². The average Bonchev–Trinajstić information content (AvgIpc) is 2.97. The van der Waals surface area contributed by atoms with Gasteiger partial charge >= 0.3 is 0 Å². The van der Waals surface area contributed by atoms with Gasteiger partial charge in [-0.15, -0.1) is 0 Å². The lowest BCUT2D eigenvalue weighted by molar-refractivity contribution is 0.588. The van der Waals surface area contributed by atoms with Crippen molar-refractivity contribution in [1.29, 1.82) is 0 Å². The molecule has 1 aromatic heterocycles. The third kappa shape index (κ3) is 3.44. The van der Waals surface area contributed by atoms with Crippen LogP contribution in [0.5, 0.6) is 0 Å². The minimum absolute atomic E-state index is 0.357. The summed E-state index contributed by atoms with van der Waals surface area (Å²) < 4.78 is 28.7. The van der Waals surface area contributed by atoms with Crippen molar-refractivity contribution in [3.8, 4) is 0 Å². The van der Waals surface area contributed by atoms with E-state index in [0.29, 0.717) is 11.3 Å². The summed E-state index contributed by atoms with van der Waals surface area (Å²) in [4.78, 5) is 0.357. The van der Waals surface area contributed by atoms with E-state index < -0.39 is 10.0 Å². The number of fused-ring (bicyclic) bond motifs is 2. The van der Waals surface area contributed by atoms with Gasteiger partial charge in [-0.05, 0) is 72.8 Å². The van der Waals surface area contributed by atoms with E-state index in [1.807, 2.05) is 54.6 Å². The summed E-state index contributed by atoms with van der Waals surface area (Å²) in [6.45, 7) is 1.81. The molecule has 0 aliphatic carbocycles. The molecule has 0 spiro atoms. The number of nitrogens with one attached hydrogen (secondary N) is 1. The fourth-order valence-corrected chi connectivity index (χ4v) is 5.74. The lowest BCUT2D eigenvalue weighted by Gasteiger charge is -2.11. The first-order valence-electron chi connectivity index (χ1n) is 10.3. The normalized spacial score (nSPS) is 14.4. The highest BCUT2D eigenvalue weighted by Gasteiger charge is 2.22. The summed E-state index contributed by atoms with van der Waals surface area (Å²) >= 11 is 0. The Morgan fingerprint density at radius 1 is 0.833 bits per heavy atom. The Morgan fingerprint density at radius 2 is 1.57 bits per heavy atom. The maximum Gasteiger partial charge on any atom is 0.268 e. The van der Waals surface area contributed by atoms with E-state index in [4.69, 9.17) is 0 Å². The van der Waals surface area contributed by atoms with Crippen LogP contribution in [-0.2, 0) is 29.3 Å². The van der Waals surface area contributed by atoms with E-state index >= 15 is 0 Å². The zero-order chi connectivity index (χ0) is 20.6. The smallest absolute Gasteiger partial charge is 0.268 e. The fourth-order valence-electron chi connectivity index (χ4n) is 4.30. The van der Waals surface area contributed by atoms with Gasteiger partial charge in [0, 0.05) is 11.6 Å². The van der Waals surface area contributed by atoms with Gasteiger partial charge in [0.2, 0.25) is 0 Å². The second kappa shape index (κ2) is 7.74. The van der Waals surface area contributed by atoms with Gasteiger partial charge in [0.25, 0.3) is 10.0 Å². The van der Waals surface area contributed by atoms with Crippen molar-refractivity contribution in [3.63, 3.8) is 0 Å². The molecule has 0 bridgehead atoms. The number of para-hydroxylation sites is 1. The minimum Gasteiger partial charge on any atom is -0.316 e. The lowest BCUT2D eigenvalue weighted by Crippen LogP contribution is -2.16. The molecule has 30 heavy (non-hydrogen) atoms. The van der Waals surface area contributed by atoms with Gasteiger partial charge < -0.3 is 5.32 Å². The number of aromatic nitrogens is 1. The molecule has 4 nitrogen and oxygen atoms in total. The van der Waals surface area contributed by atoms with Gasteiger partial charge in [-0.3, -0.25) is 0 Å². The molecule has 1 aliphatic heterocycles. The number of nitrogens with zero attached hydrogens (tertiary/aromatic N) is 1. The zero-order valence-corrected chi connectivity index (χ0v) is 17.5. The maximum atomic E-state index is 13.6. The van der Waals surface area contributed by atoms with E-state index in [-0.39, 0.29) is 0 Å². The molecular formula is C25H24N2O2S. The molecule has 0 saturated carbocycles. The topological polar surface area (TPSA) is 51.1 Å². The van der Waals surface area contributed by atoms with E-state index in [0.717, 1.165) is 53.5 Å².